The van der Waals surface area contributed by atoms with Gasteiger partial charge in [-0.1, -0.05) is 27.5 Å². The molecule has 0 bridgehead atoms. The standard InChI is InChI=1S/C13H16BrClO3/c1-16-12-5-11(15)4-10(6-14)13(12)18-8-17-7-9-2-3-9/h4-5,9H,2-3,6-8H2,1H3. The summed E-state index contributed by atoms with van der Waals surface area (Å²) in [6.45, 7) is 1.02. The van der Waals surface area contributed by atoms with Gasteiger partial charge in [-0.05, 0) is 24.8 Å². The molecular formula is C13H16BrClO3. The lowest BCUT2D eigenvalue weighted by Gasteiger charge is -2.14. The highest BCUT2D eigenvalue weighted by Gasteiger charge is 2.21. The van der Waals surface area contributed by atoms with E-state index in [0.717, 1.165) is 18.1 Å². The summed E-state index contributed by atoms with van der Waals surface area (Å²) >= 11 is 9.42. The smallest absolute Gasteiger partial charge is 0.189 e. The van der Waals surface area contributed by atoms with Crippen molar-refractivity contribution in [1.82, 2.24) is 0 Å². The molecule has 100 valence electrons. The van der Waals surface area contributed by atoms with Crippen molar-refractivity contribution in [2.45, 2.75) is 18.2 Å². The van der Waals surface area contributed by atoms with Crippen LogP contribution in [0.2, 0.25) is 5.02 Å². The first kappa shape index (κ1) is 14.0. The van der Waals surface area contributed by atoms with Crippen LogP contribution in [0.25, 0.3) is 0 Å². The van der Waals surface area contributed by atoms with Crippen LogP contribution in [0, 0.1) is 5.92 Å². The highest BCUT2D eigenvalue weighted by molar-refractivity contribution is 9.08. The van der Waals surface area contributed by atoms with Crippen LogP contribution in [-0.2, 0) is 10.1 Å². The topological polar surface area (TPSA) is 27.7 Å². The Morgan fingerprint density at radius 1 is 1.39 bits per heavy atom. The van der Waals surface area contributed by atoms with E-state index < -0.39 is 0 Å². The summed E-state index contributed by atoms with van der Waals surface area (Å²) in [7, 11) is 1.60. The monoisotopic (exact) mass is 334 g/mol. The van der Waals surface area contributed by atoms with E-state index in [1.807, 2.05) is 6.07 Å². The first-order chi connectivity index (χ1) is 8.74. The summed E-state index contributed by atoms with van der Waals surface area (Å²) in [6, 6.07) is 3.60. The van der Waals surface area contributed by atoms with E-state index in [1.54, 1.807) is 13.2 Å². The summed E-state index contributed by atoms with van der Waals surface area (Å²) in [4.78, 5) is 0. The summed E-state index contributed by atoms with van der Waals surface area (Å²) in [6.07, 6.45) is 2.55. The molecule has 0 aromatic heterocycles. The zero-order valence-corrected chi connectivity index (χ0v) is 12.6. The highest BCUT2D eigenvalue weighted by atomic mass is 79.9. The van der Waals surface area contributed by atoms with Gasteiger partial charge in [0.25, 0.3) is 0 Å². The largest absolute Gasteiger partial charge is 0.493 e. The van der Waals surface area contributed by atoms with Crippen molar-refractivity contribution in [3.8, 4) is 11.5 Å². The minimum absolute atomic E-state index is 0.245. The maximum Gasteiger partial charge on any atom is 0.189 e. The third kappa shape index (κ3) is 3.77. The summed E-state index contributed by atoms with van der Waals surface area (Å²) < 4.78 is 16.4. The van der Waals surface area contributed by atoms with Gasteiger partial charge >= 0.3 is 0 Å². The highest BCUT2D eigenvalue weighted by Crippen LogP contribution is 2.36. The normalized spacial score (nSPS) is 14.6. The summed E-state index contributed by atoms with van der Waals surface area (Å²) in [5, 5.41) is 1.29. The first-order valence-corrected chi connectivity index (χ1v) is 7.37. The van der Waals surface area contributed by atoms with E-state index in [1.165, 1.54) is 12.8 Å². The number of hydrogen-bond donors (Lipinski definition) is 0. The lowest BCUT2D eigenvalue weighted by molar-refractivity contribution is 0.00825. The molecule has 0 amide bonds. The van der Waals surface area contributed by atoms with Crippen LogP contribution in [0.3, 0.4) is 0 Å². The van der Waals surface area contributed by atoms with Gasteiger partial charge in [0.2, 0.25) is 0 Å². The van der Waals surface area contributed by atoms with E-state index in [0.29, 0.717) is 21.9 Å². The van der Waals surface area contributed by atoms with Gasteiger partial charge in [0.1, 0.15) is 0 Å². The number of halogens is 2. The maximum atomic E-state index is 6.00. The van der Waals surface area contributed by atoms with Crippen molar-refractivity contribution >= 4 is 27.5 Å². The molecular weight excluding hydrogens is 319 g/mol. The second-order valence-corrected chi connectivity index (χ2v) is 5.30. The Kier molecular flexibility index (Phi) is 5.15. The van der Waals surface area contributed by atoms with Gasteiger partial charge < -0.3 is 14.2 Å². The fraction of sp³-hybridized carbons (Fsp3) is 0.538. The van der Waals surface area contributed by atoms with E-state index in [2.05, 4.69) is 15.9 Å². The van der Waals surface area contributed by atoms with Crippen LogP contribution in [0.4, 0.5) is 0 Å². The average molecular weight is 336 g/mol. The van der Waals surface area contributed by atoms with Crippen LogP contribution in [0.1, 0.15) is 18.4 Å². The van der Waals surface area contributed by atoms with Crippen LogP contribution < -0.4 is 9.47 Å². The quantitative estimate of drug-likeness (QED) is 0.428. The molecule has 1 saturated carbocycles. The molecule has 1 fully saturated rings. The Labute approximate surface area is 120 Å². The molecule has 1 aliphatic carbocycles. The molecule has 0 radical (unpaired) electrons. The molecule has 1 aromatic rings. The van der Waals surface area contributed by atoms with Crippen molar-refractivity contribution in [3.05, 3.63) is 22.7 Å². The van der Waals surface area contributed by atoms with E-state index >= 15 is 0 Å². The summed E-state index contributed by atoms with van der Waals surface area (Å²) in [5.74, 6) is 2.05. The number of ether oxygens (including phenoxy) is 3. The number of alkyl halides is 1. The second-order valence-electron chi connectivity index (χ2n) is 4.31. The average Bonchev–Trinajstić information content (AvgIpc) is 3.19. The van der Waals surface area contributed by atoms with Crippen molar-refractivity contribution in [1.29, 1.82) is 0 Å². The molecule has 0 aliphatic heterocycles. The fourth-order valence-corrected chi connectivity index (χ4v) is 2.28. The molecule has 0 atom stereocenters. The van der Waals surface area contributed by atoms with Crippen molar-refractivity contribution in [2.75, 3.05) is 20.5 Å². The third-order valence-electron chi connectivity index (χ3n) is 2.80. The summed E-state index contributed by atoms with van der Waals surface area (Å²) in [5.41, 5.74) is 0.953. The fourth-order valence-electron chi connectivity index (χ4n) is 1.64. The molecule has 0 saturated heterocycles. The molecule has 1 aliphatic rings. The molecule has 18 heavy (non-hydrogen) atoms. The van der Waals surface area contributed by atoms with Gasteiger partial charge in [-0.2, -0.15) is 0 Å². The number of methoxy groups -OCH3 is 1. The van der Waals surface area contributed by atoms with E-state index in [4.69, 9.17) is 25.8 Å². The van der Waals surface area contributed by atoms with Crippen molar-refractivity contribution in [2.24, 2.45) is 5.92 Å². The van der Waals surface area contributed by atoms with Gasteiger partial charge in [-0.3, -0.25) is 0 Å². The maximum absolute atomic E-state index is 6.00. The van der Waals surface area contributed by atoms with Gasteiger partial charge in [0.15, 0.2) is 18.3 Å². The number of rotatable bonds is 7. The van der Waals surface area contributed by atoms with Crippen molar-refractivity contribution < 1.29 is 14.2 Å². The van der Waals surface area contributed by atoms with Crippen LogP contribution in [0.15, 0.2) is 12.1 Å². The first-order valence-electron chi connectivity index (χ1n) is 5.87. The molecule has 2 rings (SSSR count). The predicted molar refractivity (Wildman–Crippen MR) is 74.8 cm³/mol. The van der Waals surface area contributed by atoms with Gasteiger partial charge in [0.05, 0.1) is 13.7 Å². The van der Waals surface area contributed by atoms with Gasteiger partial charge in [0, 0.05) is 22.0 Å². The Morgan fingerprint density at radius 2 is 2.17 bits per heavy atom. The molecule has 0 unspecified atom stereocenters. The van der Waals surface area contributed by atoms with Gasteiger partial charge in [-0.15, -0.1) is 0 Å². The Hall–Kier alpha value is -0.450. The zero-order valence-electron chi connectivity index (χ0n) is 10.2. The molecule has 1 aromatic carbocycles. The third-order valence-corrected chi connectivity index (χ3v) is 3.62. The molecule has 5 heteroatoms. The van der Waals surface area contributed by atoms with E-state index in [-0.39, 0.29) is 6.79 Å². The van der Waals surface area contributed by atoms with Crippen LogP contribution in [-0.4, -0.2) is 20.5 Å². The van der Waals surface area contributed by atoms with Crippen LogP contribution >= 0.6 is 27.5 Å². The van der Waals surface area contributed by atoms with Gasteiger partial charge in [-0.25, -0.2) is 0 Å². The Morgan fingerprint density at radius 3 is 2.78 bits per heavy atom. The Balaban J connectivity index is 1.98. The van der Waals surface area contributed by atoms with Crippen LogP contribution in [0.5, 0.6) is 11.5 Å². The Bertz CT molecular complexity index is 382. The molecule has 0 heterocycles. The van der Waals surface area contributed by atoms with E-state index in [9.17, 15) is 0 Å². The molecule has 0 N–H and O–H groups in total. The molecule has 0 spiro atoms. The number of benzene rings is 1. The molecule has 3 nitrogen and oxygen atoms in total. The minimum atomic E-state index is 0.245. The SMILES string of the molecule is COc1cc(Cl)cc(CBr)c1OCOCC1CC1. The number of hydrogen-bond acceptors (Lipinski definition) is 3. The lowest BCUT2D eigenvalue weighted by atomic mass is 10.2. The zero-order chi connectivity index (χ0) is 13.0. The second kappa shape index (κ2) is 6.64. The lowest BCUT2D eigenvalue weighted by Crippen LogP contribution is -2.07. The predicted octanol–water partition coefficient (Wildman–Crippen LogP) is 4.01. The minimum Gasteiger partial charge on any atom is -0.493 e. The van der Waals surface area contributed by atoms with Crippen molar-refractivity contribution in [3.63, 3.8) is 0 Å².